The van der Waals surface area contributed by atoms with Crippen molar-refractivity contribution >= 4 is 23.0 Å². The number of aryl methyl sites for hydroxylation is 1. The molecule has 0 saturated carbocycles. The van der Waals surface area contributed by atoms with Crippen molar-refractivity contribution in [3.05, 3.63) is 59.9 Å². The van der Waals surface area contributed by atoms with Crippen molar-refractivity contribution in [3.63, 3.8) is 0 Å². The Morgan fingerprint density at radius 3 is 2.76 bits per heavy atom. The summed E-state index contributed by atoms with van der Waals surface area (Å²) in [5.41, 5.74) is 2.97. The number of imidazole rings is 1. The molecule has 0 spiro atoms. The molecule has 1 saturated heterocycles. The summed E-state index contributed by atoms with van der Waals surface area (Å²) in [7, 11) is 0. The second-order valence-electron chi connectivity index (χ2n) is 5.88. The summed E-state index contributed by atoms with van der Waals surface area (Å²) in [4.78, 5) is 28.3. The first-order chi connectivity index (χ1) is 12.1. The summed E-state index contributed by atoms with van der Waals surface area (Å²) in [6, 6.07) is 15.1. The Morgan fingerprint density at radius 2 is 2.04 bits per heavy atom. The molecule has 4 rings (SSSR count). The van der Waals surface area contributed by atoms with Crippen LogP contribution in [-0.4, -0.2) is 34.2 Å². The molecule has 2 heterocycles. The first kappa shape index (κ1) is 15.4. The molecule has 1 aliphatic rings. The number of benzene rings is 2. The maximum absolute atomic E-state index is 12.3. The number of hydrogen-bond acceptors (Lipinski definition) is 5. The van der Waals surface area contributed by atoms with Gasteiger partial charge in [0, 0.05) is 12.1 Å². The van der Waals surface area contributed by atoms with Gasteiger partial charge in [0.05, 0.1) is 23.2 Å². The summed E-state index contributed by atoms with van der Waals surface area (Å²) in [6.07, 6.45) is -0.416. The van der Waals surface area contributed by atoms with Crippen molar-refractivity contribution in [1.82, 2.24) is 9.55 Å². The number of esters is 2. The van der Waals surface area contributed by atoms with E-state index in [1.165, 1.54) is 0 Å². The van der Waals surface area contributed by atoms with Crippen molar-refractivity contribution in [3.8, 4) is 5.69 Å². The smallest absolute Gasteiger partial charge is 0.347 e. The number of carbonyl (C=O) groups is 2. The minimum Gasteiger partial charge on any atom is -0.463 e. The quantitative estimate of drug-likeness (QED) is 0.688. The lowest BCUT2D eigenvalue weighted by molar-refractivity contribution is -0.145. The Balaban J connectivity index is 1.67. The van der Waals surface area contributed by atoms with Gasteiger partial charge in [0.1, 0.15) is 5.82 Å². The lowest BCUT2D eigenvalue weighted by atomic mass is 10.2. The van der Waals surface area contributed by atoms with Crippen LogP contribution in [0.15, 0.2) is 48.5 Å². The largest absolute Gasteiger partial charge is 0.463 e. The van der Waals surface area contributed by atoms with Crippen molar-refractivity contribution in [1.29, 1.82) is 0 Å². The van der Waals surface area contributed by atoms with Crippen LogP contribution < -0.4 is 0 Å². The van der Waals surface area contributed by atoms with Gasteiger partial charge < -0.3 is 9.47 Å². The molecule has 2 aromatic carbocycles. The van der Waals surface area contributed by atoms with E-state index >= 15 is 0 Å². The molecule has 6 nitrogen and oxygen atoms in total. The average Bonchev–Trinajstić information content (AvgIpc) is 3.17. The van der Waals surface area contributed by atoms with E-state index in [0.717, 1.165) is 17.0 Å². The molecule has 0 amide bonds. The topological polar surface area (TPSA) is 70.4 Å². The lowest BCUT2D eigenvalue weighted by Gasteiger charge is -2.09. The predicted octanol–water partition coefficient (Wildman–Crippen LogP) is 2.81. The molecule has 0 bridgehead atoms. The van der Waals surface area contributed by atoms with Crippen LogP contribution >= 0.6 is 0 Å². The third-order valence-electron chi connectivity index (χ3n) is 4.21. The molecular formula is C19H16N2O4. The zero-order valence-electron chi connectivity index (χ0n) is 13.6. The van der Waals surface area contributed by atoms with Gasteiger partial charge in [-0.2, -0.15) is 0 Å². The van der Waals surface area contributed by atoms with Gasteiger partial charge in [-0.15, -0.1) is 0 Å². The molecule has 0 N–H and O–H groups in total. The number of para-hydroxylation sites is 1. The Labute approximate surface area is 144 Å². The number of rotatable bonds is 3. The Morgan fingerprint density at radius 1 is 1.24 bits per heavy atom. The van der Waals surface area contributed by atoms with Crippen molar-refractivity contribution < 1.29 is 19.1 Å². The molecule has 1 fully saturated rings. The molecule has 0 radical (unpaired) electrons. The van der Waals surface area contributed by atoms with Crippen LogP contribution in [0, 0.1) is 6.92 Å². The summed E-state index contributed by atoms with van der Waals surface area (Å²) < 4.78 is 12.1. The summed E-state index contributed by atoms with van der Waals surface area (Å²) in [6.45, 7) is 2.20. The predicted molar refractivity (Wildman–Crippen MR) is 90.6 cm³/mol. The minimum atomic E-state index is -0.813. The molecule has 0 unspecified atom stereocenters. The van der Waals surface area contributed by atoms with Gasteiger partial charge in [0.2, 0.25) is 6.10 Å². The first-order valence-corrected chi connectivity index (χ1v) is 8.05. The van der Waals surface area contributed by atoms with Gasteiger partial charge in [0.25, 0.3) is 0 Å². The maximum Gasteiger partial charge on any atom is 0.347 e. The van der Waals surface area contributed by atoms with Crippen LogP contribution in [-0.2, 0) is 14.3 Å². The second-order valence-corrected chi connectivity index (χ2v) is 5.88. The van der Waals surface area contributed by atoms with Gasteiger partial charge in [0.15, 0.2) is 0 Å². The fourth-order valence-electron chi connectivity index (χ4n) is 3.01. The zero-order chi connectivity index (χ0) is 17.4. The minimum absolute atomic E-state index is 0.288. The maximum atomic E-state index is 12.3. The van der Waals surface area contributed by atoms with Crippen LogP contribution in [0.4, 0.5) is 0 Å². The number of nitrogens with zero attached hydrogens (tertiary/aromatic N) is 2. The highest BCUT2D eigenvalue weighted by Crippen LogP contribution is 2.23. The number of aromatic nitrogens is 2. The molecular weight excluding hydrogens is 320 g/mol. The third kappa shape index (κ3) is 2.76. The van der Waals surface area contributed by atoms with Gasteiger partial charge in [-0.25, -0.2) is 14.6 Å². The monoisotopic (exact) mass is 336 g/mol. The highest BCUT2D eigenvalue weighted by atomic mass is 16.6. The van der Waals surface area contributed by atoms with Crippen LogP contribution in [0.3, 0.4) is 0 Å². The van der Waals surface area contributed by atoms with Gasteiger partial charge in [-0.1, -0.05) is 18.2 Å². The van der Waals surface area contributed by atoms with E-state index in [4.69, 9.17) is 9.47 Å². The standard InChI is InChI=1S/C19H16N2O4/c1-12-20-15-11-13(18(22)25-17-9-10-24-19(17)23)7-8-16(15)21(12)14-5-3-2-4-6-14/h2-8,11,17H,9-10H2,1H3/t17-/m1/s1. The molecule has 0 aliphatic carbocycles. The van der Waals surface area contributed by atoms with Crippen molar-refractivity contribution in [2.45, 2.75) is 19.4 Å². The van der Waals surface area contributed by atoms with Gasteiger partial charge in [-0.05, 0) is 37.3 Å². The number of carbonyl (C=O) groups excluding carboxylic acids is 2. The van der Waals surface area contributed by atoms with E-state index in [-0.39, 0.29) is 6.61 Å². The molecule has 1 aliphatic heterocycles. The molecule has 6 heteroatoms. The summed E-state index contributed by atoms with van der Waals surface area (Å²) in [5, 5.41) is 0. The summed E-state index contributed by atoms with van der Waals surface area (Å²) >= 11 is 0. The van der Waals surface area contributed by atoms with Crippen molar-refractivity contribution in [2.24, 2.45) is 0 Å². The Hall–Kier alpha value is -3.15. The molecule has 25 heavy (non-hydrogen) atoms. The molecule has 1 aromatic heterocycles. The Kier molecular flexibility index (Phi) is 3.72. The molecule has 3 aromatic rings. The van der Waals surface area contributed by atoms with E-state index in [9.17, 15) is 9.59 Å². The van der Waals surface area contributed by atoms with E-state index < -0.39 is 18.0 Å². The van der Waals surface area contributed by atoms with E-state index in [0.29, 0.717) is 17.5 Å². The average molecular weight is 336 g/mol. The van der Waals surface area contributed by atoms with Crippen LogP contribution in [0.1, 0.15) is 22.6 Å². The highest BCUT2D eigenvalue weighted by Gasteiger charge is 2.30. The van der Waals surface area contributed by atoms with Gasteiger partial charge >= 0.3 is 11.9 Å². The normalized spacial score (nSPS) is 16.8. The third-order valence-corrected chi connectivity index (χ3v) is 4.21. The van der Waals surface area contributed by atoms with E-state index in [1.54, 1.807) is 12.1 Å². The molecule has 1 atom stereocenters. The SMILES string of the molecule is Cc1nc2cc(C(=O)O[C@@H]3CCOC3=O)ccc2n1-c1ccccc1. The van der Waals surface area contributed by atoms with Crippen molar-refractivity contribution in [2.75, 3.05) is 6.61 Å². The number of ether oxygens (including phenoxy) is 2. The lowest BCUT2D eigenvalue weighted by Crippen LogP contribution is -2.22. The Bertz CT molecular complexity index is 962. The zero-order valence-corrected chi connectivity index (χ0v) is 13.6. The van der Waals surface area contributed by atoms with E-state index in [2.05, 4.69) is 4.98 Å². The highest BCUT2D eigenvalue weighted by molar-refractivity contribution is 5.95. The number of cyclic esters (lactones) is 1. The number of hydrogen-bond donors (Lipinski definition) is 0. The number of fused-ring (bicyclic) bond motifs is 1. The second kappa shape index (κ2) is 6.05. The van der Waals surface area contributed by atoms with Crippen LogP contribution in [0.25, 0.3) is 16.7 Å². The van der Waals surface area contributed by atoms with E-state index in [1.807, 2.05) is 47.9 Å². The fourth-order valence-corrected chi connectivity index (χ4v) is 3.01. The fraction of sp³-hybridized carbons (Fsp3) is 0.211. The summed E-state index contributed by atoms with van der Waals surface area (Å²) in [5.74, 6) is -0.206. The molecule has 126 valence electrons. The van der Waals surface area contributed by atoms with Gasteiger partial charge in [-0.3, -0.25) is 4.57 Å². The first-order valence-electron chi connectivity index (χ1n) is 8.05. The van der Waals surface area contributed by atoms with Crippen LogP contribution in [0.5, 0.6) is 0 Å². The van der Waals surface area contributed by atoms with Crippen LogP contribution in [0.2, 0.25) is 0 Å².